The van der Waals surface area contributed by atoms with Gasteiger partial charge in [0, 0.05) is 51.1 Å². The first-order chi connectivity index (χ1) is 11.6. The van der Waals surface area contributed by atoms with Crippen molar-refractivity contribution in [2.75, 3.05) is 19.7 Å². The van der Waals surface area contributed by atoms with E-state index in [0.717, 1.165) is 18.7 Å². The van der Waals surface area contributed by atoms with Crippen molar-refractivity contribution in [2.24, 2.45) is 13.0 Å². The molecule has 6 nitrogen and oxygen atoms in total. The SMILES string of the molecule is CCOC1CC(C(=O)NC[C@@H]2C[C@H](F)CN2Cc2nccn2C)C1. The first-order valence-corrected chi connectivity index (χ1v) is 8.80. The molecule has 0 bridgehead atoms. The van der Waals surface area contributed by atoms with E-state index >= 15 is 0 Å². The van der Waals surface area contributed by atoms with E-state index in [4.69, 9.17) is 4.74 Å². The van der Waals surface area contributed by atoms with Gasteiger partial charge in [-0.3, -0.25) is 9.69 Å². The second-order valence-corrected chi connectivity index (χ2v) is 6.86. The standard InChI is InChI=1S/C17H27FN4O2/c1-3-24-15-6-12(7-15)17(23)20-9-14-8-13(18)10-22(14)11-16-19-4-5-21(16)2/h4-5,12-15H,3,6-11H2,1-2H3,(H,20,23)/t12?,13-,14-,15?/m0/s1. The van der Waals surface area contributed by atoms with Gasteiger partial charge in [-0.1, -0.05) is 0 Å². The molecule has 1 aliphatic heterocycles. The first kappa shape index (κ1) is 17.4. The molecule has 1 aromatic rings. The average Bonchev–Trinajstić information content (AvgIpc) is 3.06. The molecular weight excluding hydrogens is 311 g/mol. The third-order valence-electron chi connectivity index (χ3n) is 5.12. The Hall–Kier alpha value is -1.47. The molecule has 24 heavy (non-hydrogen) atoms. The van der Waals surface area contributed by atoms with Gasteiger partial charge < -0.3 is 14.6 Å². The van der Waals surface area contributed by atoms with E-state index in [-0.39, 0.29) is 24.0 Å². The molecule has 7 heteroatoms. The van der Waals surface area contributed by atoms with E-state index in [0.29, 0.717) is 32.7 Å². The summed E-state index contributed by atoms with van der Waals surface area (Å²) in [6, 6.07) is 0.0309. The fourth-order valence-electron chi connectivity index (χ4n) is 3.57. The number of ether oxygens (including phenoxy) is 1. The number of rotatable bonds is 7. The number of aryl methyl sites for hydroxylation is 1. The molecule has 0 spiro atoms. The van der Waals surface area contributed by atoms with Crippen LogP contribution in [-0.2, 0) is 23.1 Å². The molecule has 1 saturated carbocycles. The van der Waals surface area contributed by atoms with Crippen LogP contribution < -0.4 is 5.32 Å². The Labute approximate surface area is 142 Å². The van der Waals surface area contributed by atoms with Crippen LogP contribution in [0.4, 0.5) is 4.39 Å². The molecule has 2 fully saturated rings. The number of likely N-dealkylation sites (tertiary alicyclic amines) is 1. The predicted molar refractivity (Wildman–Crippen MR) is 88.1 cm³/mol. The van der Waals surface area contributed by atoms with Crippen molar-refractivity contribution in [1.82, 2.24) is 19.8 Å². The topological polar surface area (TPSA) is 59.4 Å². The van der Waals surface area contributed by atoms with E-state index in [1.165, 1.54) is 0 Å². The van der Waals surface area contributed by atoms with Gasteiger partial charge in [-0.2, -0.15) is 0 Å². The highest BCUT2D eigenvalue weighted by atomic mass is 19.1. The van der Waals surface area contributed by atoms with E-state index in [2.05, 4.69) is 15.2 Å². The van der Waals surface area contributed by atoms with E-state index in [1.54, 1.807) is 6.20 Å². The van der Waals surface area contributed by atoms with Crippen LogP contribution in [0.15, 0.2) is 12.4 Å². The summed E-state index contributed by atoms with van der Waals surface area (Å²) in [5.41, 5.74) is 0. The average molecular weight is 338 g/mol. The van der Waals surface area contributed by atoms with Crippen LogP contribution in [0.25, 0.3) is 0 Å². The molecule has 0 aromatic carbocycles. The minimum atomic E-state index is -0.835. The molecular formula is C17H27FN4O2. The highest BCUT2D eigenvalue weighted by Gasteiger charge is 2.37. The van der Waals surface area contributed by atoms with Gasteiger partial charge >= 0.3 is 0 Å². The fraction of sp³-hybridized carbons (Fsp3) is 0.765. The molecule has 2 aliphatic rings. The molecule has 1 aliphatic carbocycles. The van der Waals surface area contributed by atoms with Crippen LogP contribution >= 0.6 is 0 Å². The smallest absolute Gasteiger partial charge is 0.223 e. The van der Waals surface area contributed by atoms with E-state index in [1.807, 2.05) is 24.7 Å². The zero-order valence-corrected chi connectivity index (χ0v) is 14.4. The Morgan fingerprint density at radius 2 is 2.25 bits per heavy atom. The number of alkyl halides is 1. The highest BCUT2D eigenvalue weighted by molar-refractivity contribution is 5.79. The van der Waals surface area contributed by atoms with Gasteiger partial charge in [0.25, 0.3) is 0 Å². The summed E-state index contributed by atoms with van der Waals surface area (Å²) in [5, 5.41) is 3.00. The summed E-state index contributed by atoms with van der Waals surface area (Å²) in [5.74, 6) is 1.04. The third-order valence-corrected chi connectivity index (χ3v) is 5.12. The van der Waals surface area contributed by atoms with Crippen molar-refractivity contribution in [2.45, 2.75) is 51.0 Å². The van der Waals surface area contributed by atoms with Gasteiger partial charge in [0.1, 0.15) is 12.0 Å². The summed E-state index contributed by atoms with van der Waals surface area (Å²) >= 11 is 0. The Morgan fingerprint density at radius 1 is 1.46 bits per heavy atom. The molecule has 1 saturated heterocycles. The van der Waals surface area contributed by atoms with Gasteiger partial charge in [0.2, 0.25) is 5.91 Å². The van der Waals surface area contributed by atoms with Crippen LogP contribution in [0.3, 0.4) is 0 Å². The Balaban J connectivity index is 1.46. The zero-order chi connectivity index (χ0) is 17.1. The maximum absolute atomic E-state index is 13.9. The van der Waals surface area contributed by atoms with Crippen molar-refractivity contribution in [3.8, 4) is 0 Å². The number of aromatic nitrogens is 2. The summed E-state index contributed by atoms with van der Waals surface area (Å²) < 4.78 is 21.3. The summed E-state index contributed by atoms with van der Waals surface area (Å²) in [6.45, 7) is 4.18. The van der Waals surface area contributed by atoms with Crippen LogP contribution in [0.1, 0.15) is 32.0 Å². The van der Waals surface area contributed by atoms with Gasteiger partial charge in [-0.25, -0.2) is 9.37 Å². The minimum absolute atomic E-state index is 0.0309. The maximum Gasteiger partial charge on any atom is 0.223 e. The second-order valence-electron chi connectivity index (χ2n) is 6.86. The quantitative estimate of drug-likeness (QED) is 0.813. The Bertz CT molecular complexity index is 559. The molecule has 134 valence electrons. The third kappa shape index (κ3) is 3.95. The second kappa shape index (κ2) is 7.61. The summed E-state index contributed by atoms with van der Waals surface area (Å²) in [7, 11) is 1.94. The lowest BCUT2D eigenvalue weighted by molar-refractivity contribution is -0.133. The number of hydrogen-bond donors (Lipinski definition) is 1. The number of amides is 1. The molecule has 0 radical (unpaired) electrons. The van der Waals surface area contributed by atoms with Crippen LogP contribution in [0.2, 0.25) is 0 Å². The first-order valence-electron chi connectivity index (χ1n) is 8.80. The number of carbonyl (C=O) groups is 1. The zero-order valence-electron chi connectivity index (χ0n) is 14.4. The Morgan fingerprint density at radius 3 is 2.92 bits per heavy atom. The van der Waals surface area contributed by atoms with Crippen LogP contribution in [-0.4, -0.2) is 58.4 Å². The number of carbonyl (C=O) groups excluding carboxylic acids is 1. The van der Waals surface area contributed by atoms with Crippen molar-refractivity contribution in [3.05, 3.63) is 18.2 Å². The normalized spacial score (nSPS) is 30.3. The van der Waals surface area contributed by atoms with Crippen molar-refractivity contribution < 1.29 is 13.9 Å². The number of halogens is 1. The molecule has 1 aromatic heterocycles. The number of imidazole rings is 1. The predicted octanol–water partition coefficient (Wildman–Crippen LogP) is 1.26. The van der Waals surface area contributed by atoms with Gasteiger partial charge in [-0.05, 0) is 26.2 Å². The van der Waals surface area contributed by atoms with Gasteiger partial charge in [0.05, 0.1) is 12.6 Å². The molecule has 3 rings (SSSR count). The van der Waals surface area contributed by atoms with Crippen molar-refractivity contribution >= 4 is 5.91 Å². The molecule has 2 atom stereocenters. The lowest BCUT2D eigenvalue weighted by atomic mass is 9.81. The number of nitrogens with zero attached hydrogens (tertiary/aromatic N) is 3. The lowest BCUT2D eigenvalue weighted by Gasteiger charge is -2.34. The van der Waals surface area contributed by atoms with Crippen LogP contribution in [0.5, 0.6) is 0 Å². The molecule has 1 amide bonds. The number of nitrogens with one attached hydrogen (secondary N) is 1. The molecule has 2 heterocycles. The summed E-state index contributed by atoms with van der Waals surface area (Å²) in [4.78, 5) is 18.6. The Kier molecular flexibility index (Phi) is 5.50. The van der Waals surface area contributed by atoms with Crippen molar-refractivity contribution in [3.63, 3.8) is 0 Å². The lowest BCUT2D eigenvalue weighted by Crippen LogP contribution is -2.46. The molecule has 0 unspecified atom stereocenters. The largest absolute Gasteiger partial charge is 0.378 e. The van der Waals surface area contributed by atoms with Crippen LogP contribution in [0, 0.1) is 5.92 Å². The monoisotopic (exact) mass is 338 g/mol. The van der Waals surface area contributed by atoms with E-state index in [9.17, 15) is 9.18 Å². The van der Waals surface area contributed by atoms with E-state index < -0.39 is 6.17 Å². The van der Waals surface area contributed by atoms with Crippen molar-refractivity contribution in [1.29, 1.82) is 0 Å². The van der Waals surface area contributed by atoms with Gasteiger partial charge in [0.15, 0.2) is 0 Å². The molecule has 1 N–H and O–H groups in total. The summed E-state index contributed by atoms with van der Waals surface area (Å²) in [6.07, 6.45) is 5.10. The highest BCUT2D eigenvalue weighted by Crippen LogP contribution is 2.30. The maximum atomic E-state index is 13.9. The minimum Gasteiger partial charge on any atom is -0.378 e. The number of hydrogen-bond acceptors (Lipinski definition) is 4. The fourth-order valence-corrected chi connectivity index (χ4v) is 3.57. The van der Waals surface area contributed by atoms with Gasteiger partial charge in [-0.15, -0.1) is 0 Å².